The van der Waals surface area contributed by atoms with Crippen LogP contribution >= 0.6 is 0 Å². The lowest BCUT2D eigenvalue weighted by atomic mass is 10.2. The summed E-state index contributed by atoms with van der Waals surface area (Å²) in [5, 5.41) is 8.34. The molecule has 0 aliphatic heterocycles. The van der Waals surface area contributed by atoms with Crippen LogP contribution < -0.4 is 20.7 Å². The lowest BCUT2D eigenvalue weighted by Crippen LogP contribution is -2.34. The third kappa shape index (κ3) is 5.88. The molecule has 0 fully saturated rings. The third-order valence-corrected chi connectivity index (χ3v) is 4.72. The van der Waals surface area contributed by atoms with Crippen molar-refractivity contribution in [2.75, 3.05) is 10.6 Å². The van der Waals surface area contributed by atoms with Crippen molar-refractivity contribution in [3.05, 3.63) is 90.4 Å². The highest BCUT2D eigenvalue weighted by atomic mass is 16.5. The number of anilines is 2. The number of imidazole rings is 1. The number of hydrogen-bond donors (Lipinski definition) is 3. The van der Waals surface area contributed by atoms with E-state index in [0.717, 1.165) is 11.3 Å². The summed E-state index contributed by atoms with van der Waals surface area (Å²) in [6.07, 6.45) is 3.86. The number of aromatic nitrogens is 2. The Kier molecular flexibility index (Phi) is 6.54. The SMILES string of the molecule is CC(C)NC(=O)Nc1ccc(C(=O)Nc2cccc(OCc3cn4ccccc4n3)c2)cc1. The fourth-order valence-electron chi connectivity index (χ4n) is 3.22. The molecule has 2 aromatic carbocycles. The van der Waals surface area contributed by atoms with Crippen LogP contribution in [0, 0.1) is 0 Å². The first-order chi connectivity index (χ1) is 16.0. The lowest BCUT2D eigenvalue weighted by molar-refractivity contribution is 0.102. The van der Waals surface area contributed by atoms with Crippen LogP contribution in [-0.4, -0.2) is 27.4 Å². The van der Waals surface area contributed by atoms with Gasteiger partial charge in [-0.3, -0.25) is 4.79 Å². The van der Waals surface area contributed by atoms with E-state index in [9.17, 15) is 9.59 Å². The van der Waals surface area contributed by atoms with E-state index in [1.807, 2.05) is 61.0 Å². The van der Waals surface area contributed by atoms with E-state index < -0.39 is 0 Å². The highest BCUT2D eigenvalue weighted by molar-refractivity contribution is 6.04. The molecule has 0 spiro atoms. The molecule has 168 valence electrons. The van der Waals surface area contributed by atoms with Crippen LogP contribution in [0.3, 0.4) is 0 Å². The summed E-state index contributed by atoms with van der Waals surface area (Å²) >= 11 is 0. The minimum absolute atomic E-state index is 0.0364. The van der Waals surface area contributed by atoms with Gasteiger partial charge >= 0.3 is 6.03 Å². The zero-order chi connectivity index (χ0) is 23.2. The van der Waals surface area contributed by atoms with Crippen molar-refractivity contribution >= 4 is 29.0 Å². The van der Waals surface area contributed by atoms with Crippen molar-refractivity contribution in [1.82, 2.24) is 14.7 Å². The van der Waals surface area contributed by atoms with Gasteiger partial charge in [-0.25, -0.2) is 9.78 Å². The molecule has 0 atom stereocenters. The number of benzene rings is 2. The Balaban J connectivity index is 1.34. The number of amides is 3. The van der Waals surface area contributed by atoms with Crippen molar-refractivity contribution in [2.24, 2.45) is 0 Å². The van der Waals surface area contributed by atoms with Crippen LogP contribution in [0.15, 0.2) is 79.1 Å². The van der Waals surface area contributed by atoms with Crippen molar-refractivity contribution < 1.29 is 14.3 Å². The minimum Gasteiger partial charge on any atom is -0.487 e. The topological polar surface area (TPSA) is 96.8 Å². The first kappa shape index (κ1) is 21.9. The fourth-order valence-corrected chi connectivity index (χ4v) is 3.22. The third-order valence-electron chi connectivity index (χ3n) is 4.72. The number of pyridine rings is 1. The normalized spacial score (nSPS) is 10.8. The van der Waals surface area contributed by atoms with Crippen LogP contribution in [0.1, 0.15) is 29.9 Å². The second-order valence-corrected chi connectivity index (χ2v) is 7.80. The molecule has 0 saturated heterocycles. The molecule has 3 N–H and O–H groups in total. The van der Waals surface area contributed by atoms with Crippen LogP contribution in [0.4, 0.5) is 16.2 Å². The first-order valence-electron chi connectivity index (χ1n) is 10.6. The number of urea groups is 1. The van der Waals surface area contributed by atoms with Gasteiger partial charge in [0, 0.05) is 41.4 Å². The smallest absolute Gasteiger partial charge is 0.319 e. The van der Waals surface area contributed by atoms with E-state index in [0.29, 0.717) is 29.3 Å². The summed E-state index contributed by atoms with van der Waals surface area (Å²) in [6, 6.07) is 19.4. The van der Waals surface area contributed by atoms with Crippen molar-refractivity contribution in [3.63, 3.8) is 0 Å². The maximum Gasteiger partial charge on any atom is 0.319 e. The maximum atomic E-state index is 12.6. The van der Waals surface area contributed by atoms with Crippen molar-refractivity contribution in [2.45, 2.75) is 26.5 Å². The van der Waals surface area contributed by atoms with E-state index in [4.69, 9.17) is 4.74 Å². The first-order valence-corrected chi connectivity index (χ1v) is 10.6. The standard InChI is InChI=1S/C25H25N5O3/c1-17(2)26-25(32)29-19-11-9-18(10-12-19)24(31)28-20-6-5-7-22(14-20)33-16-21-15-30-13-4-3-8-23(30)27-21/h3-15,17H,16H2,1-2H3,(H,28,31)(H2,26,29,32). The molecule has 8 nitrogen and oxygen atoms in total. The Bertz CT molecular complexity index is 1230. The van der Waals surface area contributed by atoms with Gasteiger partial charge in [0.1, 0.15) is 18.0 Å². The van der Waals surface area contributed by atoms with Gasteiger partial charge in [0.25, 0.3) is 5.91 Å². The second-order valence-electron chi connectivity index (χ2n) is 7.80. The molecule has 2 aromatic heterocycles. The maximum absolute atomic E-state index is 12.6. The number of nitrogens with zero attached hydrogens (tertiary/aromatic N) is 2. The highest BCUT2D eigenvalue weighted by Crippen LogP contribution is 2.20. The van der Waals surface area contributed by atoms with Crippen molar-refractivity contribution in [3.8, 4) is 5.75 Å². The Hall–Kier alpha value is -4.33. The molecule has 8 heteroatoms. The summed E-state index contributed by atoms with van der Waals surface area (Å²) in [5.74, 6) is 0.367. The van der Waals surface area contributed by atoms with Crippen LogP contribution in [0.5, 0.6) is 5.75 Å². The zero-order valence-electron chi connectivity index (χ0n) is 18.4. The van der Waals surface area contributed by atoms with E-state index in [2.05, 4.69) is 20.9 Å². The minimum atomic E-state index is -0.289. The van der Waals surface area contributed by atoms with Gasteiger partial charge in [-0.1, -0.05) is 12.1 Å². The lowest BCUT2D eigenvalue weighted by Gasteiger charge is -2.11. The number of carbonyl (C=O) groups is 2. The molecule has 3 amide bonds. The average Bonchev–Trinajstić information content (AvgIpc) is 3.21. The molecule has 4 rings (SSSR count). The predicted molar refractivity (Wildman–Crippen MR) is 128 cm³/mol. The van der Waals surface area contributed by atoms with Crippen molar-refractivity contribution in [1.29, 1.82) is 0 Å². The predicted octanol–water partition coefficient (Wildman–Crippen LogP) is 4.70. The number of carbonyl (C=O) groups excluding carboxylic acids is 2. The molecule has 0 radical (unpaired) electrons. The fraction of sp³-hybridized carbons (Fsp3) is 0.160. The largest absolute Gasteiger partial charge is 0.487 e. The van der Waals surface area contributed by atoms with Gasteiger partial charge in [0.05, 0.1) is 5.69 Å². The monoisotopic (exact) mass is 443 g/mol. The van der Waals surface area contributed by atoms with Crippen LogP contribution in [0.2, 0.25) is 0 Å². The molecular weight excluding hydrogens is 418 g/mol. The van der Waals surface area contributed by atoms with Gasteiger partial charge < -0.3 is 25.1 Å². The summed E-state index contributed by atoms with van der Waals surface area (Å²) < 4.78 is 7.79. The molecule has 0 unspecified atom stereocenters. The molecular formula is C25H25N5O3. The highest BCUT2D eigenvalue weighted by Gasteiger charge is 2.09. The molecule has 0 aliphatic carbocycles. The van der Waals surface area contributed by atoms with Crippen LogP contribution in [0.25, 0.3) is 5.65 Å². The molecule has 33 heavy (non-hydrogen) atoms. The summed E-state index contributed by atoms with van der Waals surface area (Å²) in [7, 11) is 0. The van der Waals surface area contributed by atoms with E-state index >= 15 is 0 Å². The molecule has 0 saturated carbocycles. The van der Waals surface area contributed by atoms with E-state index in [-0.39, 0.29) is 18.0 Å². The summed E-state index contributed by atoms with van der Waals surface area (Å²) in [4.78, 5) is 28.9. The number of hydrogen-bond acceptors (Lipinski definition) is 4. The van der Waals surface area contributed by atoms with Gasteiger partial charge in [0.15, 0.2) is 0 Å². The Labute approximate surface area is 191 Å². The average molecular weight is 444 g/mol. The Morgan fingerprint density at radius 1 is 0.970 bits per heavy atom. The summed E-state index contributed by atoms with van der Waals surface area (Å²) in [5.41, 5.74) is 3.36. The molecule has 2 heterocycles. The Morgan fingerprint density at radius 3 is 2.55 bits per heavy atom. The molecule has 0 aliphatic rings. The summed E-state index contributed by atoms with van der Waals surface area (Å²) in [6.45, 7) is 4.08. The molecule has 4 aromatic rings. The van der Waals surface area contributed by atoms with Gasteiger partial charge in [-0.15, -0.1) is 0 Å². The molecule has 0 bridgehead atoms. The van der Waals surface area contributed by atoms with Gasteiger partial charge in [0.2, 0.25) is 0 Å². The Morgan fingerprint density at radius 2 is 1.79 bits per heavy atom. The number of nitrogens with one attached hydrogen (secondary N) is 3. The number of ether oxygens (including phenoxy) is 1. The van der Waals surface area contributed by atoms with Gasteiger partial charge in [-0.05, 0) is 62.4 Å². The van der Waals surface area contributed by atoms with Crippen LogP contribution in [-0.2, 0) is 6.61 Å². The van der Waals surface area contributed by atoms with Gasteiger partial charge in [-0.2, -0.15) is 0 Å². The zero-order valence-corrected chi connectivity index (χ0v) is 18.4. The van der Waals surface area contributed by atoms with E-state index in [1.165, 1.54) is 0 Å². The number of fused-ring (bicyclic) bond motifs is 1. The number of rotatable bonds is 7. The second kappa shape index (κ2) is 9.86. The van der Waals surface area contributed by atoms with E-state index in [1.54, 1.807) is 36.4 Å². The quantitative estimate of drug-likeness (QED) is 0.386.